The van der Waals surface area contributed by atoms with Crippen LogP contribution in [0.25, 0.3) is 0 Å². The zero-order chi connectivity index (χ0) is 24.6. The van der Waals surface area contributed by atoms with Crippen LogP contribution in [0.15, 0.2) is 34.8 Å². The monoisotopic (exact) mass is 458 g/mol. The molecule has 5 atom stereocenters. The van der Waals surface area contributed by atoms with Gasteiger partial charge in [-0.15, -0.1) is 0 Å². The van der Waals surface area contributed by atoms with Crippen molar-refractivity contribution in [3.05, 3.63) is 45.9 Å². The number of allylic oxidation sites excluding steroid dienone is 1. The zero-order valence-corrected chi connectivity index (χ0v) is 17.6. The Morgan fingerprint density at radius 2 is 1.82 bits per heavy atom. The molecule has 0 spiro atoms. The van der Waals surface area contributed by atoms with Crippen LogP contribution < -0.4 is 11.1 Å². The Hall–Kier alpha value is -3.70. The standard InChI is InChI=1S/C22H22N2O9/c1-6-12-9(24-7(2)25)3-4-10(26)14(12)18(29)16-13(6)17(28)8-5-11(27)15(21(23)32)19(30)22(8,33)20(16)31/h3-4,6,8,13,17,26-28,31,33H,5H2,1-2H3,(H2,23,32)(H,24,25)/t6-,8+,13+,17+,22+/m0/s1. The van der Waals surface area contributed by atoms with Crippen LogP contribution in [0, 0.1) is 11.8 Å². The van der Waals surface area contributed by atoms with Crippen LogP contribution in [-0.4, -0.2) is 60.6 Å². The molecule has 0 fully saturated rings. The molecule has 0 unspecified atom stereocenters. The van der Waals surface area contributed by atoms with E-state index in [1.165, 1.54) is 19.1 Å². The molecule has 0 aliphatic heterocycles. The number of anilines is 1. The second-order valence-electron chi connectivity index (χ2n) is 8.59. The summed E-state index contributed by atoms with van der Waals surface area (Å²) in [6.45, 7) is 2.83. The lowest BCUT2D eigenvalue weighted by atomic mass is 9.56. The van der Waals surface area contributed by atoms with Crippen LogP contribution >= 0.6 is 0 Å². The number of aliphatic hydroxyl groups is 4. The summed E-state index contributed by atoms with van der Waals surface area (Å²) in [4.78, 5) is 49.7. The summed E-state index contributed by atoms with van der Waals surface area (Å²) in [7, 11) is 0. The molecule has 0 saturated heterocycles. The third-order valence-electron chi connectivity index (χ3n) is 6.79. The van der Waals surface area contributed by atoms with Crippen molar-refractivity contribution in [2.75, 3.05) is 5.32 Å². The quantitative estimate of drug-likeness (QED) is 0.236. The van der Waals surface area contributed by atoms with Crippen LogP contribution in [0.4, 0.5) is 5.69 Å². The average Bonchev–Trinajstić information content (AvgIpc) is 2.71. The maximum Gasteiger partial charge on any atom is 0.255 e. The maximum absolute atomic E-state index is 13.4. The number of Topliss-reactive ketones (excluding diaryl/α,β-unsaturated/α-hetero) is 2. The minimum Gasteiger partial charge on any atom is -0.511 e. The number of ketones is 2. The predicted octanol–water partition coefficient (Wildman–Crippen LogP) is 0.0707. The number of phenols is 1. The van der Waals surface area contributed by atoms with Gasteiger partial charge >= 0.3 is 0 Å². The smallest absolute Gasteiger partial charge is 0.255 e. The second kappa shape index (κ2) is 7.15. The molecular formula is C22H22N2O9. The summed E-state index contributed by atoms with van der Waals surface area (Å²) >= 11 is 0. The number of hydrogen-bond acceptors (Lipinski definition) is 9. The molecule has 0 heterocycles. The highest BCUT2D eigenvalue weighted by molar-refractivity contribution is 6.24. The third kappa shape index (κ3) is 2.82. The second-order valence-corrected chi connectivity index (χ2v) is 8.59. The molecule has 0 saturated carbocycles. The molecule has 2 amide bonds. The van der Waals surface area contributed by atoms with Gasteiger partial charge in [0.25, 0.3) is 5.91 Å². The average molecular weight is 458 g/mol. The molecule has 3 aliphatic carbocycles. The first-order valence-electron chi connectivity index (χ1n) is 10.1. The predicted molar refractivity (Wildman–Crippen MR) is 111 cm³/mol. The van der Waals surface area contributed by atoms with E-state index in [-0.39, 0.29) is 16.8 Å². The molecule has 4 rings (SSSR count). The Bertz CT molecular complexity index is 1210. The number of aliphatic hydroxyl groups excluding tert-OH is 3. The minimum absolute atomic E-state index is 0.209. The first-order valence-corrected chi connectivity index (χ1v) is 10.1. The molecule has 174 valence electrons. The molecule has 1 aromatic rings. The van der Waals surface area contributed by atoms with Crippen LogP contribution in [0.3, 0.4) is 0 Å². The van der Waals surface area contributed by atoms with E-state index < -0.39 is 87.7 Å². The number of nitrogens with two attached hydrogens (primary N) is 1. The summed E-state index contributed by atoms with van der Waals surface area (Å²) < 4.78 is 0. The Labute approximate surface area is 186 Å². The number of carbonyl (C=O) groups is 4. The number of amides is 2. The van der Waals surface area contributed by atoms with E-state index in [0.29, 0.717) is 0 Å². The van der Waals surface area contributed by atoms with Gasteiger partial charge in [-0.1, -0.05) is 6.92 Å². The maximum atomic E-state index is 13.4. The summed E-state index contributed by atoms with van der Waals surface area (Å²) in [6, 6.07) is 2.55. The lowest BCUT2D eigenvalue weighted by Gasteiger charge is -2.50. The number of benzene rings is 1. The first-order chi connectivity index (χ1) is 15.3. The highest BCUT2D eigenvalue weighted by Crippen LogP contribution is 2.55. The van der Waals surface area contributed by atoms with E-state index in [9.17, 15) is 44.7 Å². The van der Waals surface area contributed by atoms with Gasteiger partial charge < -0.3 is 36.6 Å². The molecule has 3 aliphatic rings. The molecule has 0 bridgehead atoms. The summed E-state index contributed by atoms with van der Waals surface area (Å²) in [6.07, 6.45) is -2.21. The van der Waals surface area contributed by atoms with Crippen molar-refractivity contribution in [1.29, 1.82) is 0 Å². The van der Waals surface area contributed by atoms with Gasteiger partial charge in [0.05, 0.1) is 11.7 Å². The van der Waals surface area contributed by atoms with E-state index in [1.807, 2.05) is 0 Å². The minimum atomic E-state index is -2.89. The number of fused-ring (bicyclic) bond motifs is 3. The topological polar surface area (TPSA) is 207 Å². The highest BCUT2D eigenvalue weighted by atomic mass is 16.4. The molecule has 8 N–H and O–H groups in total. The van der Waals surface area contributed by atoms with Gasteiger partial charge in [-0.3, -0.25) is 19.2 Å². The van der Waals surface area contributed by atoms with Crippen LogP contribution in [-0.2, 0) is 14.4 Å². The third-order valence-corrected chi connectivity index (χ3v) is 6.79. The molecule has 1 aromatic carbocycles. The summed E-state index contributed by atoms with van der Waals surface area (Å²) in [5, 5.41) is 56.6. The zero-order valence-electron chi connectivity index (χ0n) is 17.6. The van der Waals surface area contributed by atoms with E-state index in [0.717, 1.165) is 0 Å². The van der Waals surface area contributed by atoms with E-state index >= 15 is 0 Å². The molecule has 33 heavy (non-hydrogen) atoms. The number of hydrogen-bond donors (Lipinski definition) is 7. The molecule has 0 aromatic heterocycles. The fourth-order valence-corrected chi connectivity index (χ4v) is 5.37. The Morgan fingerprint density at radius 1 is 1.18 bits per heavy atom. The van der Waals surface area contributed by atoms with Gasteiger partial charge in [0.15, 0.2) is 11.4 Å². The van der Waals surface area contributed by atoms with Gasteiger partial charge in [0.1, 0.15) is 22.8 Å². The normalized spacial score (nSPS) is 31.0. The lowest BCUT2D eigenvalue weighted by molar-refractivity contribution is -0.154. The summed E-state index contributed by atoms with van der Waals surface area (Å²) in [5.74, 6) is -9.94. The van der Waals surface area contributed by atoms with Crippen LogP contribution in [0.2, 0.25) is 0 Å². The van der Waals surface area contributed by atoms with Crippen molar-refractivity contribution in [1.82, 2.24) is 0 Å². The van der Waals surface area contributed by atoms with Gasteiger partial charge in [-0.2, -0.15) is 0 Å². The van der Waals surface area contributed by atoms with Gasteiger partial charge in [-0.05, 0) is 23.6 Å². The number of nitrogens with one attached hydrogen (secondary N) is 1. The van der Waals surface area contributed by atoms with Crippen molar-refractivity contribution in [3.8, 4) is 5.75 Å². The van der Waals surface area contributed by atoms with Crippen LogP contribution in [0.1, 0.15) is 42.1 Å². The highest BCUT2D eigenvalue weighted by Gasteiger charge is 2.64. The van der Waals surface area contributed by atoms with E-state index in [4.69, 9.17) is 5.73 Å². The lowest BCUT2D eigenvalue weighted by Crippen LogP contribution is -2.62. The fraction of sp³-hybridized carbons (Fsp3) is 0.364. The SMILES string of the molecule is CC(=O)Nc1ccc(O)c2c1[C@H](C)[C@@H]1C(=C(O)[C@]3(O)C(=O)C(C(N)=O)=C(O)C[C@@H]3[C@H]1O)C2=O. The van der Waals surface area contributed by atoms with Gasteiger partial charge in [0, 0.05) is 36.4 Å². The van der Waals surface area contributed by atoms with Gasteiger partial charge in [0.2, 0.25) is 11.7 Å². The first kappa shape index (κ1) is 22.5. The molecular weight excluding hydrogens is 436 g/mol. The van der Waals surface area contributed by atoms with Crippen molar-refractivity contribution in [3.63, 3.8) is 0 Å². The fourth-order valence-electron chi connectivity index (χ4n) is 5.37. The Kier molecular flexibility index (Phi) is 4.88. The molecule has 0 radical (unpaired) electrons. The van der Waals surface area contributed by atoms with Gasteiger partial charge in [-0.25, -0.2) is 0 Å². The number of aromatic hydroxyl groups is 1. The number of primary amides is 1. The largest absolute Gasteiger partial charge is 0.511 e. The molecule has 11 heteroatoms. The number of rotatable bonds is 2. The summed E-state index contributed by atoms with van der Waals surface area (Å²) in [5.41, 5.74) is 0.973. The van der Waals surface area contributed by atoms with E-state index in [2.05, 4.69) is 5.32 Å². The van der Waals surface area contributed by atoms with Crippen molar-refractivity contribution in [2.24, 2.45) is 17.6 Å². The van der Waals surface area contributed by atoms with Crippen molar-refractivity contribution < 1.29 is 44.7 Å². The Morgan fingerprint density at radius 3 is 2.39 bits per heavy atom. The number of phenolic OH excluding ortho intramolecular Hbond substituents is 1. The van der Waals surface area contributed by atoms with E-state index in [1.54, 1.807) is 6.92 Å². The van der Waals surface area contributed by atoms with Crippen molar-refractivity contribution in [2.45, 2.75) is 37.9 Å². The Balaban J connectivity index is 2.00. The van der Waals surface area contributed by atoms with Crippen molar-refractivity contribution >= 4 is 29.1 Å². The van der Waals surface area contributed by atoms with Crippen LogP contribution in [0.5, 0.6) is 5.75 Å². The number of carbonyl (C=O) groups excluding carboxylic acids is 4. The molecule has 11 nitrogen and oxygen atoms in total.